The van der Waals surface area contributed by atoms with Crippen molar-refractivity contribution in [1.82, 2.24) is 4.98 Å². The van der Waals surface area contributed by atoms with Gasteiger partial charge in [0.05, 0.1) is 11.4 Å². The van der Waals surface area contributed by atoms with Gasteiger partial charge >= 0.3 is 5.97 Å². The number of carboxylic acid groups (broad SMARTS) is 1. The number of carboxylic acids is 1. The van der Waals surface area contributed by atoms with Gasteiger partial charge in [0.2, 0.25) is 0 Å². The molecular weight excluding hydrogens is 264 g/mol. The lowest BCUT2D eigenvalue weighted by atomic mass is 9.78. The summed E-state index contributed by atoms with van der Waals surface area (Å²) in [5, 5.41) is 8.64. The summed E-state index contributed by atoms with van der Waals surface area (Å²) in [7, 11) is 0. The maximum atomic E-state index is 10.5. The van der Waals surface area contributed by atoms with Crippen LogP contribution in [0, 0.1) is 5.41 Å². The summed E-state index contributed by atoms with van der Waals surface area (Å²) in [5.74, 6) is -0.705. The second-order valence-corrected chi connectivity index (χ2v) is 5.89. The highest BCUT2D eigenvalue weighted by molar-refractivity contribution is 6.00. The van der Waals surface area contributed by atoms with Gasteiger partial charge in [0.15, 0.2) is 0 Å². The van der Waals surface area contributed by atoms with Crippen LogP contribution in [0.5, 0.6) is 0 Å². The standard InChI is InChI=1S/C17H22N2O2/c1-17(9-5-2-3-8-16(20)21)10-12-19-15(13-17)14-7-4-6-11-18-14/h4,6-7,10-12H,2-3,5,8-9,13H2,1H3,(H,20,21). The van der Waals surface area contributed by atoms with Crippen LogP contribution in [-0.4, -0.2) is 21.8 Å². The van der Waals surface area contributed by atoms with Gasteiger partial charge in [-0.25, -0.2) is 0 Å². The molecule has 0 saturated heterocycles. The zero-order valence-corrected chi connectivity index (χ0v) is 12.5. The van der Waals surface area contributed by atoms with Gasteiger partial charge in [-0.2, -0.15) is 0 Å². The van der Waals surface area contributed by atoms with Crippen molar-refractivity contribution in [2.24, 2.45) is 10.4 Å². The highest BCUT2D eigenvalue weighted by Crippen LogP contribution is 2.34. The van der Waals surface area contributed by atoms with Crippen LogP contribution in [0.3, 0.4) is 0 Å². The number of hydrogen-bond donors (Lipinski definition) is 1. The van der Waals surface area contributed by atoms with E-state index >= 15 is 0 Å². The molecule has 1 unspecified atom stereocenters. The minimum Gasteiger partial charge on any atom is -0.481 e. The van der Waals surface area contributed by atoms with Gasteiger partial charge < -0.3 is 5.11 Å². The first-order chi connectivity index (χ1) is 10.1. The number of allylic oxidation sites excluding steroid dienone is 1. The van der Waals surface area contributed by atoms with Crippen molar-refractivity contribution in [2.45, 2.75) is 45.4 Å². The number of rotatable bonds is 7. The Bertz CT molecular complexity index is 537. The van der Waals surface area contributed by atoms with E-state index in [9.17, 15) is 4.79 Å². The lowest BCUT2D eigenvalue weighted by Crippen LogP contribution is -2.22. The summed E-state index contributed by atoms with van der Waals surface area (Å²) in [6.07, 6.45) is 10.8. The fraction of sp³-hybridized carbons (Fsp3) is 0.471. The Morgan fingerprint density at radius 3 is 2.90 bits per heavy atom. The summed E-state index contributed by atoms with van der Waals surface area (Å²) in [6.45, 7) is 2.23. The highest BCUT2D eigenvalue weighted by Gasteiger charge is 2.26. The van der Waals surface area contributed by atoms with E-state index in [2.05, 4.69) is 23.0 Å². The Labute approximate surface area is 125 Å². The molecular formula is C17H22N2O2. The lowest BCUT2D eigenvalue weighted by Gasteiger charge is -2.28. The SMILES string of the molecule is CC1(CCCCCC(=O)O)C=CN=C(c2ccccn2)C1. The first-order valence-corrected chi connectivity index (χ1v) is 7.47. The van der Waals surface area contributed by atoms with Gasteiger partial charge in [-0.3, -0.25) is 14.8 Å². The molecule has 1 aromatic heterocycles. The zero-order valence-electron chi connectivity index (χ0n) is 12.5. The lowest BCUT2D eigenvalue weighted by molar-refractivity contribution is -0.137. The largest absolute Gasteiger partial charge is 0.481 e. The molecule has 0 spiro atoms. The van der Waals surface area contributed by atoms with Crippen LogP contribution in [0.15, 0.2) is 41.7 Å². The number of pyridine rings is 1. The molecule has 4 nitrogen and oxygen atoms in total. The molecule has 1 aliphatic rings. The molecule has 0 saturated carbocycles. The van der Waals surface area contributed by atoms with Crippen LogP contribution in [0.1, 0.15) is 51.1 Å². The molecule has 1 aliphatic heterocycles. The van der Waals surface area contributed by atoms with E-state index < -0.39 is 5.97 Å². The van der Waals surface area contributed by atoms with Gasteiger partial charge in [0, 0.05) is 25.2 Å². The topological polar surface area (TPSA) is 62.5 Å². The van der Waals surface area contributed by atoms with E-state index in [1.165, 1.54) is 0 Å². The Morgan fingerprint density at radius 2 is 2.19 bits per heavy atom. The summed E-state index contributed by atoms with van der Waals surface area (Å²) in [5.41, 5.74) is 2.07. The van der Waals surface area contributed by atoms with Crippen molar-refractivity contribution in [3.63, 3.8) is 0 Å². The Hall–Kier alpha value is -1.97. The number of hydrogen-bond acceptors (Lipinski definition) is 3. The molecule has 2 heterocycles. The van der Waals surface area contributed by atoms with Crippen molar-refractivity contribution in [3.05, 3.63) is 42.4 Å². The average molecular weight is 286 g/mol. The van der Waals surface area contributed by atoms with Gasteiger partial charge in [0.25, 0.3) is 0 Å². The number of unbranched alkanes of at least 4 members (excludes halogenated alkanes) is 2. The number of aliphatic carboxylic acids is 1. The minimum atomic E-state index is -0.705. The molecule has 0 fully saturated rings. The summed E-state index contributed by atoms with van der Waals surface area (Å²) < 4.78 is 0. The molecule has 0 aromatic carbocycles. The van der Waals surface area contributed by atoms with Crippen LogP contribution in [-0.2, 0) is 4.79 Å². The first-order valence-electron chi connectivity index (χ1n) is 7.47. The van der Waals surface area contributed by atoms with Crippen LogP contribution < -0.4 is 0 Å². The van der Waals surface area contributed by atoms with Crippen molar-refractivity contribution < 1.29 is 9.90 Å². The van der Waals surface area contributed by atoms with E-state index in [4.69, 9.17) is 5.11 Å². The van der Waals surface area contributed by atoms with E-state index in [-0.39, 0.29) is 11.8 Å². The van der Waals surface area contributed by atoms with E-state index in [0.29, 0.717) is 0 Å². The Morgan fingerprint density at radius 1 is 1.33 bits per heavy atom. The normalized spacial score (nSPS) is 21.1. The number of aromatic nitrogens is 1. The third-order valence-corrected chi connectivity index (χ3v) is 3.88. The Balaban J connectivity index is 1.86. The molecule has 1 N–H and O–H groups in total. The van der Waals surface area contributed by atoms with Crippen molar-refractivity contribution in [3.8, 4) is 0 Å². The molecule has 1 atom stereocenters. The van der Waals surface area contributed by atoms with Crippen LogP contribution in [0.4, 0.5) is 0 Å². The second-order valence-electron chi connectivity index (χ2n) is 5.89. The van der Waals surface area contributed by atoms with Gasteiger partial charge in [0.1, 0.15) is 0 Å². The molecule has 0 bridgehead atoms. The summed E-state index contributed by atoms with van der Waals surface area (Å²) >= 11 is 0. The quantitative estimate of drug-likeness (QED) is 0.775. The third-order valence-electron chi connectivity index (χ3n) is 3.88. The van der Waals surface area contributed by atoms with Crippen molar-refractivity contribution in [1.29, 1.82) is 0 Å². The Kier molecular flexibility index (Phi) is 5.26. The maximum absolute atomic E-state index is 10.5. The predicted octanol–water partition coefficient (Wildman–Crippen LogP) is 3.83. The van der Waals surface area contributed by atoms with Gasteiger partial charge in [-0.05, 0) is 30.4 Å². The van der Waals surface area contributed by atoms with E-state index in [1.807, 2.05) is 24.4 Å². The second kappa shape index (κ2) is 7.16. The summed E-state index contributed by atoms with van der Waals surface area (Å²) in [4.78, 5) is 19.3. The molecule has 0 amide bonds. The first kappa shape index (κ1) is 15.4. The van der Waals surface area contributed by atoms with Crippen LogP contribution in [0.25, 0.3) is 0 Å². The van der Waals surface area contributed by atoms with Gasteiger partial charge in [-0.15, -0.1) is 0 Å². The van der Waals surface area contributed by atoms with E-state index in [1.54, 1.807) is 6.20 Å². The smallest absolute Gasteiger partial charge is 0.303 e. The van der Waals surface area contributed by atoms with E-state index in [0.717, 1.165) is 43.5 Å². The average Bonchev–Trinajstić information content (AvgIpc) is 2.47. The predicted molar refractivity (Wildman–Crippen MR) is 83.4 cm³/mol. The fourth-order valence-electron chi connectivity index (χ4n) is 2.64. The monoisotopic (exact) mass is 286 g/mol. The zero-order chi connectivity index (χ0) is 15.1. The molecule has 1 aromatic rings. The van der Waals surface area contributed by atoms with Crippen molar-refractivity contribution in [2.75, 3.05) is 0 Å². The van der Waals surface area contributed by atoms with Gasteiger partial charge in [-0.1, -0.05) is 31.9 Å². The van der Waals surface area contributed by atoms with Crippen LogP contribution in [0.2, 0.25) is 0 Å². The minimum absolute atomic E-state index is 0.0951. The molecule has 0 radical (unpaired) electrons. The fourth-order valence-corrected chi connectivity index (χ4v) is 2.64. The van der Waals surface area contributed by atoms with Crippen LogP contribution >= 0.6 is 0 Å². The number of nitrogens with zero attached hydrogens (tertiary/aromatic N) is 2. The maximum Gasteiger partial charge on any atom is 0.303 e. The molecule has 2 rings (SSSR count). The third kappa shape index (κ3) is 4.81. The van der Waals surface area contributed by atoms with Crippen molar-refractivity contribution >= 4 is 11.7 Å². The molecule has 4 heteroatoms. The number of aliphatic imine (C=N–C) groups is 1. The molecule has 0 aliphatic carbocycles. The highest BCUT2D eigenvalue weighted by atomic mass is 16.4. The molecule has 21 heavy (non-hydrogen) atoms. The molecule has 112 valence electrons. The summed E-state index contributed by atoms with van der Waals surface area (Å²) in [6, 6.07) is 5.88. The number of carbonyl (C=O) groups is 1.